The Morgan fingerprint density at radius 2 is 2.09 bits per heavy atom. The smallest absolute Gasteiger partial charge is 0.194 e. The zero-order chi connectivity index (χ0) is 8.85. The Hall–Kier alpha value is -0.640. The monoisotopic (exact) mass is 173 g/mol. The summed E-state index contributed by atoms with van der Waals surface area (Å²) in [6, 6.07) is 0.349. The normalized spacial score (nSPS) is 10.6. The molecule has 64 valence electrons. The predicted octanol–water partition coefficient (Wildman–Crippen LogP) is 0.859. The van der Waals surface area contributed by atoms with Crippen molar-refractivity contribution < 1.29 is 0 Å². The molecule has 0 aliphatic heterocycles. The van der Waals surface area contributed by atoms with Gasteiger partial charge < -0.3 is 10.2 Å². The molecule has 0 saturated carbocycles. The molecule has 0 radical (unpaired) electrons. The van der Waals surface area contributed by atoms with Gasteiger partial charge in [0.15, 0.2) is 5.11 Å². The van der Waals surface area contributed by atoms with Gasteiger partial charge in [0.25, 0.3) is 0 Å². The number of hydrogen-bond acceptors (Lipinski definition) is 1. The van der Waals surface area contributed by atoms with Gasteiger partial charge in [0.1, 0.15) is 0 Å². The lowest BCUT2D eigenvalue weighted by Crippen LogP contribution is -2.27. The molecule has 0 aliphatic carbocycles. The standard InChI is InChI=1S/C7H15N3S/c1-6(2)9-7(11)8-5-10(3)4/h5-6H,1-4H3,(H,9,11). The highest BCUT2D eigenvalue weighted by Crippen LogP contribution is 1.80. The van der Waals surface area contributed by atoms with E-state index in [1.807, 2.05) is 32.8 Å². The molecule has 0 bridgehead atoms. The van der Waals surface area contributed by atoms with Crippen molar-refractivity contribution in [3.05, 3.63) is 0 Å². The molecule has 0 atom stereocenters. The van der Waals surface area contributed by atoms with E-state index in [9.17, 15) is 0 Å². The maximum Gasteiger partial charge on any atom is 0.194 e. The Kier molecular flexibility index (Phi) is 4.77. The van der Waals surface area contributed by atoms with E-state index in [2.05, 4.69) is 10.3 Å². The second kappa shape index (κ2) is 5.07. The van der Waals surface area contributed by atoms with Gasteiger partial charge in [-0.25, -0.2) is 4.99 Å². The van der Waals surface area contributed by atoms with E-state index >= 15 is 0 Å². The molecule has 0 amide bonds. The fourth-order valence-corrected chi connectivity index (χ4v) is 0.735. The van der Waals surface area contributed by atoms with E-state index in [-0.39, 0.29) is 0 Å². The topological polar surface area (TPSA) is 27.6 Å². The van der Waals surface area contributed by atoms with Gasteiger partial charge in [-0.05, 0) is 26.1 Å². The lowest BCUT2D eigenvalue weighted by molar-refractivity contribution is 0.642. The molecular weight excluding hydrogens is 158 g/mol. The fourth-order valence-electron chi connectivity index (χ4n) is 0.452. The van der Waals surface area contributed by atoms with Gasteiger partial charge in [-0.1, -0.05) is 0 Å². The fraction of sp³-hybridized carbons (Fsp3) is 0.714. The Balaban J connectivity index is 3.69. The van der Waals surface area contributed by atoms with Gasteiger partial charge in [-0.3, -0.25) is 0 Å². The van der Waals surface area contributed by atoms with E-state index < -0.39 is 0 Å². The van der Waals surface area contributed by atoms with Crippen LogP contribution in [-0.4, -0.2) is 36.5 Å². The quantitative estimate of drug-likeness (QED) is 0.381. The summed E-state index contributed by atoms with van der Waals surface area (Å²) in [6.07, 6.45) is 1.68. The molecule has 3 nitrogen and oxygen atoms in total. The van der Waals surface area contributed by atoms with Crippen LogP contribution in [0.5, 0.6) is 0 Å². The first-order chi connectivity index (χ1) is 5.02. The molecule has 4 heteroatoms. The lowest BCUT2D eigenvalue weighted by Gasteiger charge is -2.07. The molecular formula is C7H15N3S. The summed E-state index contributed by atoms with van der Waals surface area (Å²) in [5.74, 6) is 0. The molecule has 11 heavy (non-hydrogen) atoms. The van der Waals surface area contributed by atoms with Gasteiger partial charge in [-0.2, -0.15) is 0 Å². The Labute approximate surface area is 73.5 Å². The van der Waals surface area contributed by atoms with Crippen LogP contribution in [0.3, 0.4) is 0 Å². The van der Waals surface area contributed by atoms with E-state index in [4.69, 9.17) is 12.2 Å². The van der Waals surface area contributed by atoms with Crippen LogP contribution in [0.4, 0.5) is 0 Å². The van der Waals surface area contributed by atoms with Crippen LogP contribution in [0.25, 0.3) is 0 Å². The minimum Gasteiger partial charge on any atom is -0.369 e. The number of rotatable bonds is 2. The third-order valence-electron chi connectivity index (χ3n) is 0.818. The minimum atomic E-state index is 0.349. The molecule has 0 spiro atoms. The van der Waals surface area contributed by atoms with Gasteiger partial charge in [0, 0.05) is 20.1 Å². The van der Waals surface area contributed by atoms with Crippen LogP contribution in [0.15, 0.2) is 4.99 Å². The van der Waals surface area contributed by atoms with Crippen LogP contribution < -0.4 is 5.32 Å². The minimum absolute atomic E-state index is 0.349. The second-order valence-electron chi connectivity index (χ2n) is 2.81. The Morgan fingerprint density at radius 3 is 2.45 bits per heavy atom. The number of hydrogen-bond donors (Lipinski definition) is 1. The Morgan fingerprint density at radius 1 is 1.55 bits per heavy atom. The maximum absolute atomic E-state index is 4.91. The van der Waals surface area contributed by atoms with Crippen molar-refractivity contribution in [2.45, 2.75) is 19.9 Å². The van der Waals surface area contributed by atoms with Crippen molar-refractivity contribution in [3.8, 4) is 0 Å². The first-order valence-corrected chi connectivity index (χ1v) is 3.94. The zero-order valence-corrected chi connectivity index (χ0v) is 8.27. The average molecular weight is 173 g/mol. The number of thiocarbonyl (C=S) groups is 1. The van der Waals surface area contributed by atoms with Crippen LogP contribution in [0.2, 0.25) is 0 Å². The van der Waals surface area contributed by atoms with Crippen LogP contribution in [-0.2, 0) is 0 Å². The summed E-state index contributed by atoms with van der Waals surface area (Å²) in [5.41, 5.74) is 0. The molecule has 0 fully saturated rings. The van der Waals surface area contributed by atoms with Crippen molar-refractivity contribution in [2.24, 2.45) is 4.99 Å². The average Bonchev–Trinajstić information content (AvgIpc) is 1.82. The lowest BCUT2D eigenvalue weighted by atomic mass is 10.4. The number of aliphatic imine (C=N–C) groups is 1. The summed E-state index contributed by atoms with van der Waals surface area (Å²) in [7, 11) is 3.81. The molecule has 0 aromatic rings. The molecule has 0 aromatic carbocycles. The van der Waals surface area contributed by atoms with Gasteiger partial charge in [0.05, 0.1) is 6.34 Å². The van der Waals surface area contributed by atoms with Crippen LogP contribution in [0, 0.1) is 0 Å². The van der Waals surface area contributed by atoms with E-state index in [0.29, 0.717) is 11.2 Å². The van der Waals surface area contributed by atoms with Gasteiger partial charge in [-0.15, -0.1) is 0 Å². The largest absolute Gasteiger partial charge is 0.369 e. The number of nitrogens with zero attached hydrogens (tertiary/aromatic N) is 2. The molecule has 0 saturated heterocycles. The summed E-state index contributed by atoms with van der Waals surface area (Å²) >= 11 is 4.91. The highest BCUT2D eigenvalue weighted by molar-refractivity contribution is 7.80. The zero-order valence-electron chi connectivity index (χ0n) is 7.46. The second-order valence-corrected chi connectivity index (χ2v) is 3.20. The highest BCUT2D eigenvalue weighted by atomic mass is 32.1. The molecule has 0 aliphatic rings. The summed E-state index contributed by atoms with van der Waals surface area (Å²) in [6.45, 7) is 4.05. The number of nitrogens with one attached hydrogen (secondary N) is 1. The highest BCUT2D eigenvalue weighted by Gasteiger charge is 1.93. The van der Waals surface area contributed by atoms with Crippen molar-refractivity contribution in [2.75, 3.05) is 14.1 Å². The van der Waals surface area contributed by atoms with E-state index in [1.165, 1.54) is 0 Å². The summed E-state index contributed by atoms with van der Waals surface area (Å²) < 4.78 is 0. The molecule has 0 aromatic heterocycles. The van der Waals surface area contributed by atoms with E-state index in [0.717, 1.165) is 0 Å². The molecule has 1 N–H and O–H groups in total. The molecule has 0 rings (SSSR count). The van der Waals surface area contributed by atoms with Crippen LogP contribution >= 0.6 is 12.2 Å². The predicted molar refractivity (Wildman–Crippen MR) is 53.0 cm³/mol. The van der Waals surface area contributed by atoms with Crippen molar-refractivity contribution in [1.29, 1.82) is 0 Å². The summed E-state index contributed by atoms with van der Waals surface area (Å²) in [4.78, 5) is 5.83. The first-order valence-electron chi connectivity index (χ1n) is 3.53. The maximum atomic E-state index is 4.91. The third-order valence-corrected chi connectivity index (χ3v) is 1.04. The van der Waals surface area contributed by atoms with Crippen molar-refractivity contribution in [3.63, 3.8) is 0 Å². The molecule has 0 heterocycles. The SMILES string of the molecule is CC(C)NC(=S)N=CN(C)C. The van der Waals surface area contributed by atoms with Crippen molar-refractivity contribution >= 4 is 23.7 Å². The van der Waals surface area contributed by atoms with Gasteiger partial charge in [0.2, 0.25) is 0 Å². The molecule has 0 unspecified atom stereocenters. The van der Waals surface area contributed by atoms with E-state index in [1.54, 1.807) is 6.34 Å². The summed E-state index contributed by atoms with van der Waals surface area (Å²) in [5, 5.41) is 3.54. The Bertz CT molecular complexity index is 152. The third kappa shape index (κ3) is 7.25. The van der Waals surface area contributed by atoms with Crippen LogP contribution in [0.1, 0.15) is 13.8 Å². The first kappa shape index (κ1) is 10.4. The van der Waals surface area contributed by atoms with Gasteiger partial charge >= 0.3 is 0 Å². The van der Waals surface area contributed by atoms with Crippen molar-refractivity contribution in [1.82, 2.24) is 10.2 Å².